The molecule has 2 nitrogen and oxygen atoms in total. The van der Waals surface area contributed by atoms with Gasteiger partial charge < -0.3 is 0 Å². The number of aryl methyl sites for hydroxylation is 2. The summed E-state index contributed by atoms with van der Waals surface area (Å²) in [7, 11) is 0. The normalized spacial score (nSPS) is 11.8. The molecule has 2 aromatic rings. The summed E-state index contributed by atoms with van der Waals surface area (Å²) in [5, 5.41) is 0. The summed E-state index contributed by atoms with van der Waals surface area (Å²) in [5.74, 6) is 7.23. The summed E-state index contributed by atoms with van der Waals surface area (Å²) >= 11 is 0. The molecule has 0 amide bonds. The van der Waals surface area contributed by atoms with Crippen LogP contribution in [-0.2, 0) is 29.3 Å². The molecule has 0 radical (unpaired) electrons. The number of nitrogens with zero attached hydrogens (tertiary/aromatic N) is 2. The maximum absolute atomic E-state index is 5.37. The topological polar surface area (TPSA) is 24.7 Å². The van der Waals surface area contributed by atoms with Crippen LogP contribution in [0.5, 0.6) is 0 Å². The van der Waals surface area contributed by atoms with Crippen molar-refractivity contribution in [2.24, 2.45) is 9.98 Å². The molecule has 0 aromatic heterocycles. The van der Waals surface area contributed by atoms with Crippen molar-refractivity contribution in [3.8, 4) is 11.8 Å². The van der Waals surface area contributed by atoms with Crippen LogP contribution in [0.25, 0.3) is 0 Å². The first kappa shape index (κ1) is 89.8. The van der Waals surface area contributed by atoms with Crippen molar-refractivity contribution >= 4 is 22.8 Å². The van der Waals surface area contributed by atoms with Crippen molar-refractivity contribution in [3.05, 3.63) is 59.7 Å². The molecule has 544 valence electrons. The third kappa shape index (κ3) is 62.1. The van der Waals surface area contributed by atoms with E-state index in [2.05, 4.69) is 88.1 Å². The molecule has 2 rings (SSSR count). The maximum Gasteiger partial charge on any atom is 2.00 e. The smallest absolute Gasteiger partial charge is 0.251 e. The molecular weight excluding hydrogens is 1180 g/mol. The Bertz CT molecular complexity index is 1920. The Morgan fingerprint density at radius 3 is 0.681 bits per heavy atom. The largest absolute Gasteiger partial charge is 2.00 e. The minimum Gasteiger partial charge on any atom is -0.251 e. The van der Waals surface area contributed by atoms with Gasteiger partial charge >= 0.3 is 16.5 Å². The van der Waals surface area contributed by atoms with Crippen LogP contribution in [0.3, 0.4) is 0 Å². The van der Waals surface area contributed by atoms with Crippen molar-refractivity contribution < 1.29 is 16.5 Å². The molecule has 0 unspecified atom stereocenters. The Labute approximate surface area is 600 Å². The number of hydrogen-bond donors (Lipinski definition) is 0. The Morgan fingerprint density at radius 1 is 0.234 bits per heavy atom. The first-order chi connectivity index (χ1) is 46.2. The molecule has 0 N–H and O–H groups in total. The first-order valence-electron chi connectivity index (χ1n) is 43.0. The fourth-order valence-electron chi connectivity index (χ4n) is 14.2. The monoisotopic (exact) mass is 1340 g/mol. The average Bonchev–Trinajstić information content (AvgIpc) is 1.12. The SMILES string of the molecule is CCCCCCCCCCCCC#CC(=Nc1ccc(CCCCCCCCCCCCCCCCCCCCCCCCCCCCC)cc1)C(CCCCC)=Nc1ccc(CCCCCCCCCCCCCCCCCCCCCCCCCCCCC)cc1.[Ni+2]. The summed E-state index contributed by atoms with van der Waals surface area (Å²) in [6.07, 6.45) is 99.2. The van der Waals surface area contributed by atoms with Gasteiger partial charge in [-0.25, -0.2) is 4.99 Å². The van der Waals surface area contributed by atoms with Crippen LogP contribution in [-0.4, -0.2) is 11.4 Å². The van der Waals surface area contributed by atoms with E-state index in [1.807, 2.05) is 0 Å². The zero-order chi connectivity index (χ0) is 66.2. The minimum atomic E-state index is 0. The van der Waals surface area contributed by atoms with Gasteiger partial charge in [-0.1, -0.05) is 462 Å². The zero-order valence-corrected chi connectivity index (χ0v) is 65.0. The van der Waals surface area contributed by atoms with E-state index in [-0.39, 0.29) is 16.5 Å². The summed E-state index contributed by atoms with van der Waals surface area (Å²) in [6, 6.07) is 18.3. The molecule has 0 bridgehead atoms. The van der Waals surface area contributed by atoms with E-state index in [1.165, 1.54) is 441 Å². The molecule has 0 saturated heterocycles. The summed E-state index contributed by atoms with van der Waals surface area (Å²) < 4.78 is 0. The van der Waals surface area contributed by atoms with E-state index in [0.29, 0.717) is 0 Å². The van der Waals surface area contributed by atoms with E-state index in [4.69, 9.17) is 9.98 Å². The third-order valence-electron chi connectivity index (χ3n) is 20.7. The summed E-state index contributed by atoms with van der Waals surface area (Å²) in [5.41, 5.74) is 6.86. The van der Waals surface area contributed by atoms with Crippen molar-refractivity contribution in [2.45, 2.75) is 484 Å². The third-order valence-corrected chi connectivity index (χ3v) is 20.7. The van der Waals surface area contributed by atoms with Crippen LogP contribution >= 0.6 is 0 Å². The number of rotatable bonds is 73. The van der Waals surface area contributed by atoms with Crippen LogP contribution in [0, 0.1) is 11.8 Å². The molecule has 94 heavy (non-hydrogen) atoms. The molecule has 0 spiro atoms. The van der Waals surface area contributed by atoms with E-state index in [9.17, 15) is 0 Å². The molecule has 0 fully saturated rings. The molecule has 0 heterocycles. The van der Waals surface area contributed by atoms with Crippen LogP contribution in [0.2, 0.25) is 0 Å². The molecule has 0 saturated carbocycles. The van der Waals surface area contributed by atoms with Gasteiger partial charge in [0.2, 0.25) is 0 Å². The van der Waals surface area contributed by atoms with Gasteiger partial charge in [0, 0.05) is 6.42 Å². The quantitative estimate of drug-likeness (QED) is 0.0273. The number of unbranched alkanes of at least 4 members (excludes halogenated alkanes) is 64. The van der Waals surface area contributed by atoms with Crippen molar-refractivity contribution in [1.29, 1.82) is 0 Å². The van der Waals surface area contributed by atoms with E-state index < -0.39 is 0 Å². The Morgan fingerprint density at radius 2 is 0.436 bits per heavy atom. The van der Waals surface area contributed by atoms with Crippen molar-refractivity contribution in [2.75, 3.05) is 0 Å². The Kier molecular flexibility index (Phi) is 71.7. The van der Waals surface area contributed by atoms with Gasteiger partial charge in [0.1, 0.15) is 5.71 Å². The van der Waals surface area contributed by atoms with Gasteiger partial charge in [-0.15, -0.1) is 0 Å². The van der Waals surface area contributed by atoms with Gasteiger partial charge in [0.25, 0.3) is 0 Å². The average molecular weight is 1340 g/mol. The van der Waals surface area contributed by atoms with Crippen molar-refractivity contribution in [1.82, 2.24) is 0 Å². The number of hydrogen-bond acceptors (Lipinski definition) is 2. The number of aliphatic imine (C=N–C) groups is 2. The second-order valence-corrected chi connectivity index (χ2v) is 29.9. The second-order valence-electron chi connectivity index (χ2n) is 29.9. The molecule has 2 aromatic carbocycles. The maximum atomic E-state index is 5.37. The van der Waals surface area contributed by atoms with Crippen molar-refractivity contribution in [3.63, 3.8) is 0 Å². The standard InChI is InChI=1S/C91H162N2.Ni/c1-5-9-13-16-19-22-25-28-30-32-34-36-38-40-42-44-46-48-50-52-54-56-58-61-64-67-71-74-86-78-82-88(83-79-86)92-90(76-70-12-8-4)91(77-73-69-66-63-60-27-24-21-18-15-11-7-3)93-89-84-80-87(81-85-89)75-72-68-65-62-59-57-55-53-51-49-47-45-43-41-39-37-35-33-31-29-26-23-20-17-14-10-6-2;/h78-85H,5-72,74-76H2,1-4H3;/q;+2. The predicted octanol–water partition coefficient (Wildman–Crippen LogP) is 32.6. The van der Waals surface area contributed by atoms with Gasteiger partial charge in [-0.2, -0.15) is 0 Å². The van der Waals surface area contributed by atoms with Crippen LogP contribution < -0.4 is 0 Å². The van der Waals surface area contributed by atoms with Gasteiger partial charge in [-0.3, -0.25) is 4.99 Å². The van der Waals surface area contributed by atoms with E-state index >= 15 is 0 Å². The molecule has 0 aliphatic heterocycles. The second kappa shape index (κ2) is 75.0. The predicted molar refractivity (Wildman–Crippen MR) is 424 cm³/mol. The van der Waals surface area contributed by atoms with Crippen LogP contribution in [0.15, 0.2) is 58.5 Å². The van der Waals surface area contributed by atoms with Crippen LogP contribution in [0.1, 0.15) is 482 Å². The van der Waals surface area contributed by atoms with E-state index in [0.717, 1.165) is 48.5 Å². The molecule has 0 aliphatic carbocycles. The zero-order valence-electron chi connectivity index (χ0n) is 64.0. The first-order valence-corrected chi connectivity index (χ1v) is 43.0. The van der Waals surface area contributed by atoms with Crippen LogP contribution in [0.4, 0.5) is 11.4 Å². The molecule has 0 atom stereocenters. The van der Waals surface area contributed by atoms with Gasteiger partial charge in [0.05, 0.1) is 17.1 Å². The van der Waals surface area contributed by atoms with E-state index in [1.54, 1.807) is 0 Å². The summed E-state index contributed by atoms with van der Waals surface area (Å²) in [6.45, 7) is 9.24. The molecule has 0 aliphatic rings. The van der Waals surface area contributed by atoms with Gasteiger partial charge in [-0.05, 0) is 86.3 Å². The fraction of sp³-hybridized carbons (Fsp3) is 0.824. The minimum absolute atomic E-state index is 0. The number of benzene rings is 2. The summed E-state index contributed by atoms with van der Waals surface area (Å²) in [4.78, 5) is 10.7. The Hall–Kier alpha value is -2.17. The molecule has 3 heteroatoms. The molecular formula is C91H162N2Ni+2. The van der Waals surface area contributed by atoms with Gasteiger partial charge in [0.15, 0.2) is 0 Å². The fourth-order valence-corrected chi connectivity index (χ4v) is 14.2. The Balaban J connectivity index is 0.0000442.